The van der Waals surface area contributed by atoms with Gasteiger partial charge in [-0.1, -0.05) is 0 Å². The van der Waals surface area contributed by atoms with Gasteiger partial charge >= 0.3 is 0 Å². The average molecular weight is 266 g/mol. The van der Waals surface area contributed by atoms with Crippen LogP contribution in [0.4, 0.5) is 0 Å². The standard InChI is InChI=1S/C13H18N2O2S/c1-17-11-4-6-18-12(11)13(16)15-7-9-3-2-5-14-10(9)8-15/h4,6,9-10,14H,2-3,5,7-8H2,1H3. The van der Waals surface area contributed by atoms with Gasteiger partial charge in [0, 0.05) is 19.1 Å². The molecule has 0 aromatic carbocycles. The maximum absolute atomic E-state index is 12.5. The lowest BCUT2D eigenvalue weighted by atomic mass is 9.94. The van der Waals surface area contributed by atoms with E-state index in [0.29, 0.717) is 17.7 Å². The minimum atomic E-state index is 0.123. The van der Waals surface area contributed by atoms with Crippen molar-refractivity contribution in [3.8, 4) is 5.75 Å². The molecule has 1 amide bonds. The Morgan fingerprint density at radius 1 is 1.56 bits per heavy atom. The summed E-state index contributed by atoms with van der Waals surface area (Å²) in [6.45, 7) is 2.81. The highest BCUT2D eigenvalue weighted by molar-refractivity contribution is 7.12. The van der Waals surface area contributed by atoms with E-state index in [0.717, 1.165) is 24.5 Å². The van der Waals surface area contributed by atoms with Crippen LogP contribution in [0.2, 0.25) is 0 Å². The van der Waals surface area contributed by atoms with Gasteiger partial charge in [0.25, 0.3) is 5.91 Å². The molecule has 2 aliphatic heterocycles. The predicted octanol–water partition coefficient (Wildman–Crippen LogP) is 1.58. The van der Waals surface area contributed by atoms with Gasteiger partial charge in [0.1, 0.15) is 10.6 Å². The lowest BCUT2D eigenvalue weighted by molar-refractivity contribution is 0.0787. The van der Waals surface area contributed by atoms with E-state index < -0.39 is 0 Å². The van der Waals surface area contributed by atoms with Crippen LogP contribution in [0.1, 0.15) is 22.5 Å². The van der Waals surface area contributed by atoms with E-state index in [1.165, 1.54) is 24.2 Å². The summed E-state index contributed by atoms with van der Waals surface area (Å²) in [6, 6.07) is 2.35. The number of methoxy groups -OCH3 is 1. The summed E-state index contributed by atoms with van der Waals surface area (Å²) in [4.78, 5) is 15.2. The minimum Gasteiger partial charge on any atom is -0.495 e. The fourth-order valence-electron chi connectivity index (χ4n) is 2.97. The molecule has 2 fully saturated rings. The molecule has 3 heterocycles. The third-order valence-electron chi connectivity index (χ3n) is 3.93. The average Bonchev–Trinajstić information content (AvgIpc) is 3.03. The van der Waals surface area contributed by atoms with Crippen LogP contribution in [-0.2, 0) is 0 Å². The highest BCUT2D eigenvalue weighted by atomic mass is 32.1. The molecule has 2 unspecified atom stereocenters. The molecule has 2 aliphatic rings. The quantitative estimate of drug-likeness (QED) is 0.883. The van der Waals surface area contributed by atoms with E-state index >= 15 is 0 Å². The zero-order chi connectivity index (χ0) is 12.5. The lowest BCUT2D eigenvalue weighted by Gasteiger charge is -2.24. The fourth-order valence-corrected chi connectivity index (χ4v) is 3.80. The first-order valence-corrected chi connectivity index (χ1v) is 7.31. The third kappa shape index (κ3) is 2.01. The number of nitrogens with one attached hydrogen (secondary N) is 1. The Kier molecular flexibility index (Phi) is 3.26. The molecule has 1 N–H and O–H groups in total. The number of likely N-dealkylation sites (tertiary alicyclic amines) is 1. The number of hydrogen-bond donors (Lipinski definition) is 1. The molecule has 98 valence electrons. The van der Waals surface area contributed by atoms with Crippen LogP contribution in [0.25, 0.3) is 0 Å². The number of thiophene rings is 1. The number of nitrogens with zero attached hydrogens (tertiary/aromatic N) is 1. The van der Waals surface area contributed by atoms with Gasteiger partial charge < -0.3 is 15.0 Å². The Labute approximate surface area is 111 Å². The molecule has 1 aromatic heterocycles. The number of hydrogen-bond acceptors (Lipinski definition) is 4. The molecule has 0 saturated carbocycles. The molecular weight excluding hydrogens is 248 g/mol. The Balaban J connectivity index is 1.74. The molecule has 2 saturated heterocycles. The molecule has 0 radical (unpaired) electrons. The summed E-state index contributed by atoms with van der Waals surface area (Å²) in [5.74, 6) is 1.46. The van der Waals surface area contributed by atoms with Crippen molar-refractivity contribution in [2.45, 2.75) is 18.9 Å². The van der Waals surface area contributed by atoms with Gasteiger partial charge in [-0.15, -0.1) is 11.3 Å². The van der Waals surface area contributed by atoms with Gasteiger partial charge in [-0.05, 0) is 36.8 Å². The van der Waals surface area contributed by atoms with E-state index in [2.05, 4.69) is 5.32 Å². The topological polar surface area (TPSA) is 41.6 Å². The maximum atomic E-state index is 12.5. The number of rotatable bonds is 2. The first kappa shape index (κ1) is 12.0. The van der Waals surface area contributed by atoms with Crippen LogP contribution in [0.15, 0.2) is 11.4 Å². The van der Waals surface area contributed by atoms with Crippen molar-refractivity contribution in [3.05, 3.63) is 16.3 Å². The first-order valence-electron chi connectivity index (χ1n) is 6.43. The van der Waals surface area contributed by atoms with Crippen molar-refractivity contribution in [2.75, 3.05) is 26.7 Å². The predicted molar refractivity (Wildman–Crippen MR) is 71.3 cm³/mol. The Morgan fingerprint density at radius 2 is 2.44 bits per heavy atom. The number of carbonyl (C=O) groups excluding carboxylic acids is 1. The molecule has 0 bridgehead atoms. The fraction of sp³-hybridized carbons (Fsp3) is 0.615. The number of carbonyl (C=O) groups is 1. The van der Waals surface area contributed by atoms with Gasteiger partial charge in [0.05, 0.1) is 7.11 Å². The van der Waals surface area contributed by atoms with Crippen LogP contribution in [0, 0.1) is 5.92 Å². The van der Waals surface area contributed by atoms with E-state index in [1.54, 1.807) is 7.11 Å². The normalized spacial score (nSPS) is 27.1. The van der Waals surface area contributed by atoms with Crippen molar-refractivity contribution in [3.63, 3.8) is 0 Å². The number of fused-ring (bicyclic) bond motifs is 1. The molecule has 3 rings (SSSR count). The third-order valence-corrected chi connectivity index (χ3v) is 4.81. The molecule has 4 nitrogen and oxygen atoms in total. The summed E-state index contributed by atoms with van der Waals surface area (Å²) >= 11 is 1.47. The molecule has 0 aliphatic carbocycles. The van der Waals surface area contributed by atoms with Crippen molar-refractivity contribution >= 4 is 17.2 Å². The molecule has 18 heavy (non-hydrogen) atoms. The SMILES string of the molecule is COc1ccsc1C(=O)N1CC2CCCNC2C1. The second-order valence-corrected chi connectivity index (χ2v) is 5.91. The number of piperidine rings is 1. The Bertz CT molecular complexity index is 432. The summed E-state index contributed by atoms with van der Waals surface area (Å²) < 4.78 is 5.23. The summed E-state index contributed by atoms with van der Waals surface area (Å²) in [7, 11) is 1.62. The van der Waals surface area contributed by atoms with Gasteiger partial charge in [0.15, 0.2) is 0 Å². The van der Waals surface area contributed by atoms with Crippen molar-refractivity contribution in [1.29, 1.82) is 0 Å². The second kappa shape index (κ2) is 4.90. The highest BCUT2D eigenvalue weighted by Gasteiger charge is 2.37. The Morgan fingerprint density at radius 3 is 3.22 bits per heavy atom. The first-order chi connectivity index (χ1) is 8.79. The molecular formula is C13H18N2O2S. The van der Waals surface area contributed by atoms with Crippen molar-refractivity contribution in [1.82, 2.24) is 10.2 Å². The number of amides is 1. The second-order valence-electron chi connectivity index (χ2n) is 4.99. The lowest BCUT2D eigenvalue weighted by Crippen LogP contribution is -2.41. The van der Waals surface area contributed by atoms with Crippen LogP contribution in [0.3, 0.4) is 0 Å². The number of ether oxygens (including phenoxy) is 1. The largest absolute Gasteiger partial charge is 0.495 e. The molecule has 0 spiro atoms. The summed E-state index contributed by atoms with van der Waals surface area (Å²) in [5, 5.41) is 5.43. The van der Waals surface area contributed by atoms with Crippen molar-refractivity contribution < 1.29 is 9.53 Å². The van der Waals surface area contributed by atoms with Gasteiger partial charge in [-0.3, -0.25) is 4.79 Å². The van der Waals surface area contributed by atoms with Crippen LogP contribution in [-0.4, -0.2) is 43.6 Å². The monoisotopic (exact) mass is 266 g/mol. The molecule has 1 aromatic rings. The van der Waals surface area contributed by atoms with Gasteiger partial charge in [0.2, 0.25) is 0 Å². The van der Waals surface area contributed by atoms with E-state index in [4.69, 9.17) is 4.74 Å². The van der Waals surface area contributed by atoms with E-state index in [-0.39, 0.29) is 5.91 Å². The summed E-state index contributed by atoms with van der Waals surface area (Å²) in [6.07, 6.45) is 2.47. The smallest absolute Gasteiger partial charge is 0.267 e. The van der Waals surface area contributed by atoms with Crippen molar-refractivity contribution in [2.24, 2.45) is 5.92 Å². The van der Waals surface area contributed by atoms with E-state index in [9.17, 15) is 4.79 Å². The minimum absolute atomic E-state index is 0.123. The zero-order valence-corrected chi connectivity index (χ0v) is 11.3. The molecule has 5 heteroatoms. The van der Waals surface area contributed by atoms with Crippen LogP contribution >= 0.6 is 11.3 Å². The van der Waals surface area contributed by atoms with E-state index in [1.807, 2.05) is 16.3 Å². The van der Waals surface area contributed by atoms with Crippen LogP contribution < -0.4 is 10.1 Å². The highest BCUT2D eigenvalue weighted by Crippen LogP contribution is 2.30. The summed E-state index contributed by atoms with van der Waals surface area (Å²) in [5.41, 5.74) is 0. The molecule has 2 atom stereocenters. The van der Waals surface area contributed by atoms with Gasteiger partial charge in [-0.25, -0.2) is 0 Å². The maximum Gasteiger partial charge on any atom is 0.267 e. The van der Waals surface area contributed by atoms with Gasteiger partial charge in [-0.2, -0.15) is 0 Å². The Hall–Kier alpha value is -1.07. The van der Waals surface area contributed by atoms with Crippen LogP contribution in [0.5, 0.6) is 5.75 Å². The zero-order valence-electron chi connectivity index (χ0n) is 10.5.